The second kappa shape index (κ2) is 9.19. The van der Waals surface area contributed by atoms with Crippen LogP contribution in [0.25, 0.3) is 6.08 Å². The molecule has 0 fully saturated rings. The highest BCUT2D eigenvalue weighted by molar-refractivity contribution is 9.10. The van der Waals surface area contributed by atoms with Crippen molar-refractivity contribution in [1.29, 1.82) is 0 Å². The van der Waals surface area contributed by atoms with Crippen LogP contribution in [0.3, 0.4) is 0 Å². The molecule has 4 heteroatoms. The van der Waals surface area contributed by atoms with Crippen LogP contribution in [0.15, 0.2) is 83.3 Å². The van der Waals surface area contributed by atoms with Crippen LogP contribution in [0.5, 0.6) is 5.75 Å². The Morgan fingerprint density at radius 1 is 1.00 bits per heavy atom. The van der Waals surface area contributed by atoms with Crippen LogP contribution in [0.2, 0.25) is 0 Å². The van der Waals surface area contributed by atoms with E-state index in [2.05, 4.69) is 21.2 Å². The van der Waals surface area contributed by atoms with E-state index in [4.69, 9.17) is 4.74 Å². The topological polar surface area (TPSA) is 38.3 Å². The Bertz CT molecular complexity index is 934. The first-order valence-electron chi connectivity index (χ1n) is 8.63. The fourth-order valence-electron chi connectivity index (χ4n) is 2.51. The molecule has 136 valence electrons. The maximum Gasteiger partial charge on any atom is 0.248 e. The van der Waals surface area contributed by atoms with Gasteiger partial charge in [-0.05, 0) is 54.0 Å². The van der Waals surface area contributed by atoms with Crippen molar-refractivity contribution in [1.82, 2.24) is 0 Å². The number of benzene rings is 3. The summed E-state index contributed by atoms with van der Waals surface area (Å²) >= 11 is 3.46. The fraction of sp³-hybridized carbons (Fsp3) is 0.0870. The average Bonchev–Trinajstić information content (AvgIpc) is 2.70. The summed E-state index contributed by atoms with van der Waals surface area (Å²) in [6.45, 7) is 2.49. The molecule has 1 amide bonds. The molecule has 27 heavy (non-hydrogen) atoms. The van der Waals surface area contributed by atoms with Gasteiger partial charge in [-0.15, -0.1) is 0 Å². The van der Waals surface area contributed by atoms with Crippen LogP contribution >= 0.6 is 15.9 Å². The highest BCUT2D eigenvalue weighted by Crippen LogP contribution is 2.23. The van der Waals surface area contributed by atoms with Gasteiger partial charge < -0.3 is 10.1 Å². The Balaban J connectivity index is 1.55. The smallest absolute Gasteiger partial charge is 0.248 e. The summed E-state index contributed by atoms with van der Waals surface area (Å²) in [4.78, 5) is 12.1. The summed E-state index contributed by atoms with van der Waals surface area (Å²) in [5.74, 6) is 0.630. The van der Waals surface area contributed by atoms with E-state index >= 15 is 0 Å². The maximum atomic E-state index is 12.1. The van der Waals surface area contributed by atoms with Crippen LogP contribution in [-0.4, -0.2) is 5.91 Å². The number of ether oxygens (including phenoxy) is 1. The van der Waals surface area contributed by atoms with Crippen molar-refractivity contribution < 1.29 is 9.53 Å². The largest absolute Gasteiger partial charge is 0.489 e. The van der Waals surface area contributed by atoms with Crippen molar-refractivity contribution in [2.45, 2.75) is 13.5 Å². The Kier molecular flexibility index (Phi) is 6.44. The lowest BCUT2D eigenvalue weighted by Gasteiger charge is -2.08. The van der Waals surface area contributed by atoms with Gasteiger partial charge in [0.1, 0.15) is 12.4 Å². The third-order valence-corrected chi connectivity index (χ3v) is 4.94. The van der Waals surface area contributed by atoms with E-state index in [1.54, 1.807) is 6.08 Å². The Labute approximate surface area is 167 Å². The SMILES string of the molecule is Cc1c(Br)cccc1NC(=O)/C=C/c1ccc(OCc2ccccc2)cc1. The molecule has 1 N–H and O–H groups in total. The number of amides is 1. The summed E-state index contributed by atoms with van der Waals surface area (Å²) in [7, 11) is 0. The molecule has 3 nitrogen and oxygen atoms in total. The molecule has 0 atom stereocenters. The number of rotatable bonds is 6. The lowest BCUT2D eigenvalue weighted by Crippen LogP contribution is -2.09. The summed E-state index contributed by atoms with van der Waals surface area (Å²) in [5, 5.41) is 2.89. The molecule has 0 saturated heterocycles. The average molecular weight is 422 g/mol. The van der Waals surface area contributed by atoms with E-state index < -0.39 is 0 Å². The lowest BCUT2D eigenvalue weighted by atomic mass is 10.2. The van der Waals surface area contributed by atoms with E-state index in [1.807, 2.05) is 79.7 Å². The van der Waals surface area contributed by atoms with Crippen LogP contribution < -0.4 is 10.1 Å². The predicted octanol–water partition coefficient (Wildman–Crippen LogP) is 5.99. The third kappa shape index (κ3) is 5.56. The monoisotopic (exact) mass is 421 g/mol. The molecule has 0 aliphatic rings. The molecule has 0 saturated carbocycles. The van der Waals surface area contributed by atoms with Crippen molar-refractivity contribution in [3.8, 4) is 5.75 Å². The van der Waals surface area contributed by atoms with E-state index in [0.29, 0.717) is 6.61 Å². The zero-order chi connectivity index (χ0) is 19.1. The number of carbonyl (C=O) groups excluding carboxylic acids is 1. The van der Waals surface area contributed by atoms with Crippen molar-refractivity contribution in [2.75, 3.05) is 5.32 Å². The van der Waals surface area contributed by atoms with E-state index in [0.717, 1.165) is 32.6 Å². The summed E-state index contributed by atoms with van der Waals surface area (Å²) in [6.07, 6.45) is 3.31. The van der Waals surface area contributed by atoms with Crippen LogP contribution in [0, 0.1) is 6.92 Å². The molecule has 3 rings (SSSR count). The minimum Gasteiger partial charge on any atom is -0.489 e. The first-order chi connectivity index (χ1) is 13.1. The Morgan fingerprint density at radius 3 is 2.48 bits per heavy atom. The highest BCUT2D eigenvalue weighted by Gasteiger charge is 2.04. The second-order valence-electron chi connectivity index (χ2n) is 6.08. The van der Waals surface area contributed by atoms with Gasteiger partial charge in [0.2, 0.25) is 5.91 Å². The zero-order valence-electron chi connectivity index (χ0n) is 15.0. The van der Waals surface area contributed by atoms with Gasteiger partial charge in [0.05, 0.1) is 0 Å². The number of anilines is 1. The van der Waals surface area contributed by atoms with Crippen molar-refractivity contribution in [3.05, 3.63) is 100 Å². The van der Waals surface area contributed by atoms with Crippen molar-refractivity contribution >= 4 is 33.6 Å². The highest BCUT2D eigenvalue weighted by atomic mass is 79.9. The number of carbonyl (C=O) groups is 1. The van der Waals surface area contributed by atoms with Gasteiger partial charge in [0, 0.05) is 16.2 Å². The van der Waals surface area contributed by atoms with Crippen molar-refractivity contribution in [2.24, 2.45) is 0 Å². The third-order valence-electron chi connectivity index (χ3n) is 4.08. The first-order valence-corrected chi connectivity index (χ1v) is 9.42. The molecular formula is C23H20BrNO2. The number of hydrogen-bond acceptors (Lipinski definition) is 2. The Morgan fingerprint density at radius 2 is 1.74 bits per heavy atom. The molecule has 0 unspecified atom stereocenters. The van der Waals surface area contributed by atoms with Crippen LogP contribution in [0.1, 0.15) is 16.7 Å². The zero-order valence-corrected chi connectivity index (χ0v) is 16.6. The molecule has 0 heterocycles. The van der Waals surface area contributed by atoms with Crippen LogP contribution in [-0.2, 0) is 11.4 Å². The Hall–Kier alpha value is -2.85. The molecule has 3 aromatic carbocycles. The van der Waals surface area contributed by atoms with E-state index in [9.17, 15) is 4.79 Å². The van der Waals surface area contributed by atoms with Gasteiger partial charge in [0.25, 0.3) is 0 Å². The van der Waals surface area contributed by atoms with Gasteiger partial charge >= 0.3 is 0 Å². The predicted molar refractivity (Wildman–Crippen MR) is 114 cm³/mol. The van der Waals surface area contributed by atoms with Gasteiger partial charge in [-0.1, -0.05) is 64.5 Å². The minimum absolute atomic E-state index is 0.166. The number of nitrogens with one attached hydrogen (secondary N) is 1. The lowest BCUT2D eigenvalue weighted by molar-refractivity contribution is -0.111. The normalized spacial score (nSPS) is 10.7. The van der Waals surface area contributed by atoms with Crippen molar-refractivity contribution in [3.63, 3.8) is 0 Å². The van der Waals surface area contributed by atoms with Gasteiger partial charge in [-0.25, -0.2) is 0 Å². The van der Waals surface area contributed by atoms with Gasteiger partial charge in [-0.2, -0.15) is 0 Å². The van der Waals surface area contributed by atoms with Gasteiger partial charge in [0.15, 0.2) is 0 Å². The van der Waals surface area contributed by atoms with Crippen LogP contribution in [0.4, 0.5) is 5.69 Å². The number of hydrogen-bond donors (Lipinski definition) is 1. The fourth-order valence-corrected chi connectivity index (χ4v) is 2.87. The molecule has 0 aromatic heterocycles. The summed E-state index contributed by atoms with van der Waals surface area (Å²) < 4.78 is 6.74. The van der Waals surface area contributed by atoms with E-state index in [-0.39, 0.29) is 5.91 Å². The molecular weight excluding hydrogens is 402 g/mol. The molecule has 0 aliphatic carbocycles. The quantitative estimate of drug-likeness (QED) is 0.496. The molecule has 3 aromatic rings. The summed E-state index contributed by atoms with van der Waals surface area (Å²) in [6, 6.07) is 23.4. The summed E-state index contributed by atoms with van der Waals surface area (Å²) in [5.41, 5.74) is 3.85. The number of halogens is 1. The molecule has 0 aliphatic heterocycles. The first kappa shape index (κ1) is 18.9. The second-order valence-corrected chi connectivity index (χ2v) is 6.93. The minimum atomic E-state index is -0.166. The van der Waals surface area contributed by atoms with E-state index in [1.165, 1.54) is 6.08 Å². The molecule has 0 radical (unpaired) electrons. The molecule has 0 spiro atoms. The maximum absolute atomic E-state index is 12.1. The molecule has 0 bridgehead atoms. The van der Waals surface area contributed by atoms with Gasteiger partial charge in [-0.3, -0.25) is 4.79 Å². The standard InChI is InChI=1S/C23H20BrNO2/c1-17-21(24)8-5-9-22(17)25-23(26)15-12-18-10-13-20(14-11-18)27-16-19-6-3-2-4-7-19/h2-15H,16H2,1H3,(H,25,26)/b15-12+.